The van der Waals surface area contributed by atoms with Crippen molar-refractivity contribution >= 4 is 17.1 Å². The van der Waals surface area contributed by atoms with Crippen molar-refractivity contribution in [1.29, 1.82) is 0 Å². The summed E-state index contributed by atoms with van der Waals surface area (Å²) >= 11 is 0. The van der Waals surface area contributed by atoms with Crippen molar-refractivity contribution in [2.45, 2.75) is 108 Å². The quantitative estimate of drug-likeness (QED) is 0.147. The molecule has 0 saturated heterocycles. The molecule has 1 spiro atoms. The molecule has 0 aromatic heterocycles. The number of anilines is 3. The molecule has 6 aliphatic carbocycles. The molecule has 0 fully saturated rings. The highest BCUT2D eigenvalue weighted by Crippen LogP contribution is 2.65. The number of hydrogen-bond acceptors (Lipinski definition) is 1. The maximum Gasteiger partial charge on any atom is 0.0725 e. The third kappa shape index (κ3) is 7.04. The number of hydrogen-bond donors (Lipinski definition) is 0. The molecule has 1 nitrogen and oxygen atoms in total. The van der Waals surface area contributed by atoms with Crippen molar-refractivity contribution in [2.75, 3.05) is 4.90 Å². The molecule has 0 amide bonds. The van der Waals surface area contributed by atoms with Crippen molar-refractivity contribution in [3.63, 3.8) is 0 Å². The van der Waals surface area contributed by atoms with Gasteiger partial charge in [0.05, 0.1) is 5.41 Å². The molecule has 0 N–H and O–H groups in total. The Balaban J connectivity index is 0.835. The van der Waals surface area contributed by atoms with Crippen LogP contribution in [0.15, 0.2) is 255 Å². The molecule has 12 aromatic carbocycles. The summed E-state index contributed by atoms with van der Waals surface area (Å²) in [5, 5.41) is 0. The molecule has 2 unspecified atom stereocenters. The average Bonchev–Trinajstić information content (AvgIpc) is 1.51. The molecule has 12 aromatic rings. The van der Waals surface area contributed by atoms with Gasteiger partial charge < -0.3 is 4.90 Å². The Bertz CT molecular complexity index is 4940. The normalized spacial score (nSPS) is 16.9. The molecule has 0 radical (unpaired) electrons. The van der Waals surface area contributed by atoms with Gasteiger partial charge in [0.15, 0.2) is 0 Å². The van der Waals surface area contributed by atoms with Crippen molar-refractivity contribution in [1.82, 2.24) is 0 Å². The van der Waals surface area contributed by atoms with E-state index in [1.54, 1.807) is 0 Å². The van der Waals surface area contributed by atoms with Crippen LogP contribution >= 0.6 is 0 Å². The molecular formula is C89H73N. The van der Waals surface area contributed by atoms with E-state index < -0.39 is 5.41 Å². The summed E-state index contributed by atoms with van der Waals surface area (Å²) < 4.78 is 0. The molecule has 0 aliphatic heterocycles. The van der Waals surface area contributed by atoms with Crippen molar-refractivity contribution in [3.8, 4) is 66.8 Å². The van der Waals surface area contributed by atoms with Crippen LogP contribution in [0.25, 0.3) is 66.8 Å². The second-order valence-electron chi connectivity index (χ2n) is 29.1. The second kappa shape index (κ2) is 18.5. The van der Waals surface area contributed by atoms with E-state index in [2.05, 4.69) is 322 Å². The first-order chi connectivity index (χ1) is 43.6. The first-order valence-electron chi connectivity index (χ1n) is 32.8. The lowest BCUT2D eigenvalue weighted by Gasteiger charge is -2.32. The summed E-state index contributed by atoms with van der Waals surface area (Å²) in [6, 6.07) is 99.5. The lowest BCUT2D eigenvalue weighted by molar-refractivity contribution is 0.568. The van der Waals surface area contributed by atoms with Crippen LogP contribution in [-0.4, -0.2) is 0 Å². The zero-order valence-electron chi connectivity index (χ0n) is 53.1. The van der Waals surface area contributed by atoms with E-state index in [4.69, 9.17) is 0 Å². The molecule has 0 heterocycles. The maximum absolute atomic E-state index is 2.64. The van der Waals surface area contributed by atoms with E-state index in [0.717, 1.165) is 23.5 Å². The summed E-state index contributed by atoms with van der Waals surface area (Å²) in [5.74, 6) is 0.326. The highest BCUT2D eigenvalue weighted by molar-refractivity contribution is 5.98. The fourth-order valence-corrected chi connectivity index (χ4v) is 18.6. The fourth-order valence-electron chi connectivity index (χ4n) is 18.6. The van der Waals surface area contributed by atoms with E-state index in [1.165, 1.54) is 150 Å². The number of benzene rings is 12. The predicted octanol–water partition coefficient (Wildman–Crippen LogP) is 22.9. The minimum absolute atomic E-state index is 0.0896. The van der Waals surface area contributed by atoms with Crippen LogP contribution in [0.5, 0.6) is 0 Å². The van der Waals surface area contributed by atoms with E-state index in [1.807, 2.05) is 0 Å². The topological polar surface area (TPSA) is 3.24 Å². The summed E-state index contributed by atoms with van der Waals surface area (Å²) in [4.78, 5) is 2.58. The molecule has 434 valence electrons. The molecule has 90 heavy (non-hydrogen) atoms. The Hall–Kier alpha value is -9.56. The highest BCUT2D eigenvalue weighted by Gasteiger charge is 2.52. The van der Waals surface area contributed by atoms with Gasteiger partial charge in [-0.2, -0.15) is 0 Å². The van der Waals surface area contributed by atoms with Gasteiger partial charge in [0, 0.05) is 38.7 Å². The van der Waals surface area contributed by atoms with Gasteiger partial charge in [-0.3, -0.25) is 0 Å². The van der Waals surface area contributed by atoms with Crippen LogP contribution in [0.3, 0.4) is 0 Å². The molecular weight excluding hydrogens is 1080 g/mol. The SMILES string of the molecule is CC(c1ccc2c(c1)-c1cc(N(c3ccc4c(c3)C(C)(C)c3ccccc3-4)c3ccc4c(c3)C(C)(C)c3ccccc3-4)ccc1C21c2ccccc2-c2ccccc21)C(Cc1ccc2c(c1)C(C)(C)c1ccccc1-2)c1ccc2c(c1)C(C)(C)c1ccccc1-2. The summed E-state index contributed by atoms with van der Waals surface area (Å²) in [6.07, 6.45) is 0.913. The third-order valence-electron chi connectivity index (χ3n) is 23.3. The lowest BCUT2D eigenvalue weighted by atomic mass is 9.70. The van der Waals surface area contributed by atoms with Crippen molar-refractivity contribution in [2.24, 2.45) is 0 Å². The van der Waals surface area contributed by atoms with Gasteiger partial charge in [0.25, 0.3) is 0 Å². The van der Waals surface area contributed by atoms with Gasteiger partial charge in [-0.25, -0.2) is 0 Å². The summed E-state index contributed by atoms with van der Waals surface area (Å²) in [5.41, 5.74) is 39.3. The van der Waals surface area contributed by atoms with Gasteiger partial charge in [-0.1, -0.05) is 281 Å². The fraction of sp³-hybridized carbons (Fsp3) is 0.191. The zero-order chi connectivity index (χ0) is 61.0. The monoisotopic (exact) mass is 1160 g/mol. The number of rotatable bonds is 8. The van der Waals surface area contributed by atoms with Crippen molar-refractivity contribution < 1.29 is 0 Å². The molecule has 0 saturated carbocycles. The van der Waals surface area contributed by atoms with E-state index in [-0.39, 0.29) is 33.5 Å². The number of fused-ring (bicyclic) bond motifs is 22. The van der Waals surface area contributed by atoms with Gasteiger partial charge in [0.2, 0.25) is 0 Å². The van der Waals surface area contributed by atoms with Crippen LogP contribution in [0.1, 0.15) is 158 Å². The highest BCUT2D eigenvalue weighted by atomic mass is 15.1. The summed E-state index contributed by atoms with van der Waals surface area (Å²) in [7, 11) is 0. The minimum Gasteiger partial charge on any atom is -0.310 e. The van der Waals surface area contributed by atoms with Gasteiger partial charge in [-0.05, 0) is 205 Å². The first-order valence-corrected chi connectivity index (χ1v) is 32.8. The lowest BCUT2D eigenvalue weighted by Crippen LogP contribution is -2.26. The van der Waals surface area contributed by atoms with Crippen LogP contribution in [0.4, 0.5) is 17.1 Å². The van der Waals surface area contributed by atoms with E-state index in [0.29, 0.717) is 0 Å². The molecule has 2 atom stereocenters. The Morgan fingerprint density at radius 1 is 0.256 bits per heavy atom. The molecule has 0 bridgehead atoms. The minimum atomic E-state index is -0.509. The summed E-state index contributed by atoms with van der Waals surface area (Å²) in [6.45, 7) is 21.8. The number of nitrogens with zero attached hydrogens (tertiary/aromatic N) is 1. The molecule has 1 heteroatoms. The Morgan fingerprint density at radius 3 is 1.03 bits per heavy atom. The second-order valence-corrected chi connectivity index (χ2v) is 29.1. The largest absolute Gasteiger partial charge is 0.310 e. The maximum atomic E-state index is 2.64. The Morgan fingerprint density at radius 2 is 0.567 bits per heavy atom. The smallest absolute Gasteiger partial charge is 0.0725 e. The molecule has 6 aliphatic rings. The zero-order valence-corrected chi connectivity index (χ0v) is 53.1. The Kier molecular flexibility index (Phi) is 11.0. The average molecular weight is 1160 g/mol. The van der Waals surface area contributed by atoms with Crippen LogP contribution < -0.4 is 4.90 Å². The van der Waals surface area contributed by atoms with Crippen molar-refractivity contribution in [3.05, 3.63) is 338 Å². The standard InChI is InChI=1S/C89H73N/c1-53(70(56-35-41-67-61-23-11-17-29-74(61)86(4,5)82(67)49-56)46-54-34-40-66-60-22-10-16-28-73(60)85(2,3)81(66)47-54)55-36-44-79-71(48-55)72-50-57(39-45-80(72)89(79)77-32-20-14-26-64(77)65-27-15-21-33-78(65)89)90(58-37-42-68-62-24-12-18-30-75(62)87(6,7)83(68)51-58)59-38-43-69-63-25-13-19-31-76(63)88(8,9)84(69)52-59/h10-45,47-53,70H,46H2,1-9H3. The van der Waals surface area contributed by atoms with Gasteiger partial charge in [-0.15, -0.1) is 0 Å². The van der Waals surface area contributed by atoms with Crippen LogP contribution in [0.2, 0.25) is 0 Å². The Labute approximate surface area is 531 Å². The predicted molar refractivity (Wildman–Crippen MR) is 375 cm³/mol. The van der Waals surface area contributed by atoms with Gasteiger partial charge >= 0.3 is 0 Å². The van der Waals surface area contributed by atoms with Gasteiger partial charge in [0.1, 0.15) is 0 Å². The third-order valence-corrected chi connectivity index (χ3v) is 23.3. The van der Waals surface area contributed by atoms with E-state index >= 15 is 0 Å². The first kappa shape index (κ1) is 53.5. The van der Waals surface area contributed by atoms with Crippen LogP contribution in [0, 0.1) is 0 Å². The molecule has 18 rings (SSSR count). The van der Waals surface area contributed by atoms with E-state index in [9.17, 15) is 0 Å². The van der Waals surface area contributed by atoms with Crippen LogP contribution in [-0.2, 0) is 33.5 Å².